The monoisotopic (exact) mass is 270 g/mol. The number of rotatable bonds is 3. The number of anilines is 1. The van der Waals surface area contributed by atoms with Gasteiger partial charge in [0.1, 0.15) is 5.69 Å². The molecule has 2 rings (SSSR count). The van der Waals surface area contributed by atoms with E-state index in [0.717, 1.165) is 0 Å². The van der Waals surface area contributed by atoms with E-state index in [0.29, 0.717) is 21.8 Å². The number of nitrogens with zero attached hydrogens (tertiary/aromatic N) is 2. The Morgan fingerprint density at radius 3 is 2.05 bits per heavy atom. The average Bonchev–Trinajstić information content (AvgIpc) is 2.43. The Labute approximate surface area is 116 Å². The number of carbonyl (C=O) groups excluding carboxylic acids is 1. The van der Waals surface area contributed by atoms with Crippen LogP contribution in [-0.4, -0.2) is 10.9 Å². The molecule has 0 aliphatic carbocycles. The molecule has 20 heavy (non-hydrogen) atoms. The van der Waals surface area contributed by atoms with E-state index in [1.54, 1.807) is 62.4 Å². The van der Waals surface area contributed by atoms with Gasteiger partial charge in [0.25, 0.3) is 0 Å². The van der Waals surface area contributed by atoms with Gasteiger partial charge in [0.15, 0.2) is 5.03 Å². The number of nitro groups is 1. The molecule has 0 unspecified atom stereocenters. The number of hydrazine groups is 1. The molecule has 0 aliphatic heterocycles. The smallest absolute Gasteiger partial charge is 0.262 e. The van der Waals surface area contributed by atoms with Crippen LogP contribution in [-0.2, 0) is 0 Å². The van der Waals surface area contributed by atoms with Crippen LogP contribution in [0.15, 0.2) is 48.5 Å². The lowest BCUT2D eigenvalue weighted by Gasteiger charge is -2.16. The van der Waals surface area contributed by atoms with E-state index in [1.165, 1.54) is 0 Å². The Bertz CT molecular complexity index is 633. The summed E-state index contributed by atoms with van der Waals surface area (Å²) in [5, 5.41) is 11.3. The van der Waals surface area contributed by atoms with Crippen molar-refractivity contribution in [3.63, 3.8) is 0 Å². The van der Waals surface area contributed by atoms with Gasteiger partial charge in [-0.3, -0.25) is 4.79 Å². The third-order valence-electron chi connectivity index (χ3n) is 3.03. The lowest BCUT2D eigenvalue weighted by molar-refractivity contribution is -0.481. The zero-order valence-electron chi connectivity index (χ0n) is 11.2. The molecule has 0 spiro atoms. The molecular weight excluding hydrogens is 256 g/mol. The molecule has 0 aromatic heterocycles. The summed E-state index contributed by atoms with van der Waals surface area (Å²) in [6.45, 7) is 3.49. The van der Waals surface area contributed by atoms with Gasteiger partial charge in [-0.2, -0.15) is 0 Å². The number of benzene rings is 2. The highest BCUT2D eigenvalue weighted by atomic mass is 16.7. The Hall–Kier alpha value is -2.69. The molecule has 5 heteroatoms. The standard InChI is InChI=1S/C15H14N2O3/c1-11-7-6-8-12(2)14(11)16(17(19)20)15(18)13-9-4-3-5-10-13/h3-10H,1-2H3. The summed E-state index contributed by atoms with van der Waals surface area (Å²) in [4.78, 5) is 23.7. The van der Waals surface area contributed by atoms with Gasteiger partial charge in [-0.15, -0.1) is 0 Å². The van der Waals surface area contributed by atoms with Gasteiger partial charge in [0.2, 0.25) is 0 Å². The number of para-hydroxylation sites is 1. The molecule has 0 atom stereocenters. The Morgan fingerprint density at radius 2 is 1.55 bits per heavy atom. The molecule has 0 bridgehead atoms. The third kappa shape index (κ3) is 2.51. The van der Waals surface area contributed by atoms with Gasteiger partial charge in [0.05, 0.1) is 0 Å². The van der Waals surface area contributed by atoms with Crippen molar-refractivity contribution in [2.45, 2.75) is 13.8 Å². The molecule has 0 heterocycles. The topological polar surface area (TPSA) is 63.5 Å². The fourth-order valence-corrected chi connectivity index (χ4v) is 2.10. The molecule has 0 aliphatic rings. The molecule has 0 saturated carbocycles. The number of hydrogen-bond acceptors (Lipinski definition) is 3. The summed E-state index contributed by atoms with van der Waals surface area (Å²) in [5.74, 6) is -0.645. The SMILES string of the molecule is Cc1cccc(C)c1N(C(=O)c1ccccc1)[N+](=O)[O-]. The summed E-state index contributed by atoms with van der Waals surface area (Å²) in [5.41, 5.74) is 1.98. The first-order valence-corrected chi connectivity index (χ1v) is 6.12. The molecule has 1 amide bonds. The zero-order valence-corrected chi connectivity index (χ0v) is 11.2. The van der Waals surface area contributed by atoms with Crippen LogP contribution in [0, 0.1) is 24.0 Å². The second-order valence-electron chi connectivity index (χ2n) is 4.46. The summed E-state index contributed by atoms with van der Waals surface area (Å²) in [7, 11) is 0. The van der Waals surface area contributed by atoms with Crippen molar-refractivity contribution < 1.29 is 9.83 Å². The first kappa shape index (κ1) is 13.7. The van der Waals surface area contributed by atoms with Gasteiger partial charge in [-0.1, -0.05) is 36.4 Å². The van der Waals surface area contributed by atoms with Crippen LogP contribution in [0.25, 0.3) is 0 Å². The van der Waals surface area contributed by atoms with E-state index >= 15 is 0 Å². The van der Waals surface area contributed by atoms with Crippen molar-refractivity contribution >= 4 is 11.6 Å². The molecule has 0 saturated heterocycles. The number of amides is 1. The van der Waals surface area contributed by atoms with Gasteiger partial charge in [-0.25, -0.2) is 10.1 Å². The largest absolute Gasteiger partial charge is 0.319 e. The van der Waals surface area contributed by atoms with Crippen molar-refractivity contribution in [1.82, 2.24) is 0 Å². The lowest BCUT2D eigenvalue weighted by Crippen LogP contribution is -2.37. The Morgan fingerprint density at radius 1 is 1.00 bits per heavy atom. The first-order valence-electron chi connectivity index (χ1n) is 6.12. The number of carbonyl (C=O) groups is 1. The predicted molar refractivity (Wildman–Crippen MR) is 76.2 cm³/mol. The second kappa shape index (κ2) is 5.52. The van der Waals surface area contributed by atoms with Gasteiger partial charge in [-0.05, 0) is 42.1 Å². The average molecular weight is 270 g/mol. The minimum Gasteiger partial charge on any atom is -0.262 e. The van der Waals surface area contributed by atoms with E-state index in [4.69, 9.17) is 0 Å². The fraction of sp³-hybridized carbons (Fsp3) is 0.133. The highest BCUT2D eigenvalue weighted by molar-refractivity contribution is 6.05. The first-order chi connectivity index (χ1) is 9.52. The maximum absolute atomic E-state index is 12.4. The highest BCUT2D eigenvalue weighted by Gasteiger charge is 2.30. The molecule has 5 nitrogen and oxygen atoms in total. The summed E-state index contributed by atoms with van der Waals surface area (Å²) in [6.07, 6.45) is 0. The molecule has 0 radical (unpaired) electrons. The van der Waals surface area contributed by atoms with Crippen molar-refractivity contribution in [2.24, 2.45) is 0 Å². The zero-order chi connectivity index (χ0) is 14.7. The van der Waals surface area contributed by atoms with Gasteiger partial charge in [0, 0.05) is 5.56 Å². The fourth-order valence-electron chi connectivity index (χ4n) is 2.10. The third-order valence-corrected chi connectivity index (χ3v) is 3.03. The normalized spacial score (nSPS) is 10.1. The van der Waals surface area contributed by atoms with Crippen LogP contribution in [0.2, 0.25) is 0 Å². The minimum atomic E-state index is -0.676. The Balaban J connectivity index is 2.53. The minimum absolute atomic E-state index is 0.284. The number of hydrogen-bond donors (Lipinski definition) is 0. The van der Waals surface area contributed by atoms with Crippen molar-refractivity contribution in [1.29, 1.82) is 0 Å². The molecule has 0 N–H and O–H groups in total. The molecule has 0 fully saturated rings. The quantitative estimate of drug-likeness (QED) is 0.635. The second-order valence-corrected chi connectivity index (χ2v) is 4.46. The van der Waals surface area contributed by atoms with Gasteiger partial charge < -0.3 is 0 Å². The summed E-state index contributed by atoms with van der Waals surface area (Å²) >= 11 is 0. The van der Waals surface area contributed by atoms with E-state index in [9.17, 15) is 14.9 Å². The maximum Gasteiger partial charge on any atom is 0.319 e. The summed E-state index contributed by atoms with van der Waals surface area (Å²) < 4.78 is 0. The van der Waals surface area contributed by atoms with E-state index in [1.807, 2.05) is 0 Å². The van der Waals surface area contributed by atoms with Crippen LogP contribution in [0.5, 0.6) is 0 Å². The molecule has 2 aromatic rings. The van der Waals surface area contributed by atoms with Crippen molar-refractivity contribution in [3.8, 4) is 0 Å². The van der Waals surface area contributed by atoms with Crippen LogP contribution in [0.1, 0.15) is 21.5 Å². The van der Waals surface area contributed by atoms with E-state index < -0.39 is 10.9 Å². The van der Waals surface area contributed by atoms with Crippen LogP contribution >= 0.6 is 0 Å². The van der Waals surface area contributed by atoms with E-state index in [2.05, 4.69) is 0 Å². The van der Waals surface area contributed by atoms with Crippen molar-refractivity contribution in [3.05, 3.63) is 75.3 Å². The van der Waals surface area contributed by atoms with Crippen LogP contribution in [0.4, 0.5) is 5.69 Å². The lowest BCUT2D eigenvalue weighted by atomic mass is 10.1. The van der Waals surface area contributed by atoms with Crippen LogP contribution < -0.4 is 5.01 Å². The predicted octanol–water partition coefficient (Wildman–Crippen LogP) is 3.14. The van der Waals surface area contributed by atoms with Crippen molar-refractivity contribution in [2.75, 3.05) is 5.01 Å². The molecular formula is C15H14N2O3. The highest BCUT2D eigenvalue weighted by Crippen LogP contribution is 2.26. The van der Waals surface area contributed by atoms with Gasteiger partial charge >= 0.3 is 5.91 Å². The Kier molecular flexibility index (Phi) is 3.79. The van der Waals surface area contributed by atoms with Crippen LogP contribution in [0.3, 0.4) is 0 Å². The molecule has 102 valence electrons. The molecule has 2 aromatic carbocycles. The maximum atomic E-state index is 12.4. The number of aryl methyl sites for hydroxylation is 2. The summed E-state index contributed by atoms with van der Waals surface area (Å²) in [6, 6.07) is 13.5. The van der Waals surface area contributed by atoms with E-state index in [-0.39, 0.29) is 5.56 Å².